The van der Waals surface area contributed by atoms with Gasteiger partial charge in [-0.25, -0.2) is 4.98 Å². The second-order valence-electron chi connectivity index (χ2n) is 4.41. The number of rotatable bonds is 2. The Bertz CT molecular complexity index is 509. The van der Waals surface area contributed by atoms with Gasteiger partial charge in [0.15, 0.2) is 0 Å². The third kappa shape index (κ3) is 1.51. The van der Waals surface area contributed by atoms with Crippen LogP contribution in [0.1, 0.15) is 12.6 Å². The van der Waals surface area contributed by atoms with E-state index in [4.69, 9.17) is 0 Å². The van der Waals surface area contributed by atoms with Crippen LogP contribution in [0.3, 0.4) is 0 Å². The summed E-state index contributed by atoms with van der Waals surface area (Å²) in [4.78, 5) is 17.6. The highest BCUT2D eigenvalue weighted by molar-refractivity contribution is 8.08. The number of hydrogen-bond donors (Lipinski definition) is 1. The fourth-order valence-electron chi connectivity index (χ4n) is 2.16. The number of fused-ring (bicyclic) bond motifs is 1. The lowest BCUT2D eigenvalue weighted by Gasteiger charge is -2.42. The fourth-order valence-corrected chi connectivity index (χ4v) is 3.58. The van der Waals surface area contributed by atoms with Crippen LogP contribution >= 0.6 is 11.8 Å². The summed E-state index contributed by atoms with van der Waals surface area (Å²) < 4.78 is 1.91. The molecule has 1 fully saturated rings. The number of hydrogen-bond acceptors (Lipinski definition) is 4. The van der Waals surface area contributed by atoms with Gasteiger partial charge in [-0.15, -0.1) is 0 Å². The Labute approximate surface area is 103 Å². The van der Waals surface area contributed by atoms with Crippen molar-refractivity contribution in [3.8, 4) is 0 Å². The Morgan fingerprint density at radius 1 is 1.59 bits per heavy atom. The van der Waals surface area contributed by atoms with Crippen LogP contribution in [0.5, 0.6) is 0 Å². The molecule has 0 aliphatic carbocycles. The fraction of sp³-hybridized carbons (Fsp3) is 0.455. The summed E-state index contributed by atoms with van der Waals surface area (Å²) in [5, 5.41) is 10.6. The molecule has 1 amide bonds. The number of nitrogens with zero attached hydrogens (tertiary/aromatic N) is 3. The third-order valence-electron chi connectivity index (χ3n) is 3.10. The van der Waals surface area contributed by atoms with E-state index in [0.717, 1.165) is 10.7 Å². The van der Waals surface area contributed by atoms with Crippen LogP contribution < -0.4 is 0 Å². The molecule has 3 rings (SSSR count). The van der Waals surface area contributed by atoms with Gasteiger partial charge in [0.05, 0.1) is 29.1 Å². The maximum absolute atomic E-state index is 11.7. The van der Waals surface area contributed by atoms with E-state index in [2.05, 4.69) is 4.98 Å². The highest BCUT2D eigenvalue weighted by atomic mass is 32.2. The lowest BCUT2D eigenvalue weighted by atomic mass is 9.93. The molecule has 1 aromatic rings. The summed E-state index contributed by atoms with van der Waals surface area (Å²) in [5.41, 5.74) is 0.944. The molecule has 90 valence electrons. The van der Waals surface area contributed by atoms with Crippen molar-refractivity contribution in [2.45, 2.75) is 25.3 Å². The van der Waals surface area contributed by atoms with E-state index >= 15 is 0 Å². The minimum absolute atomic E-state index is 0.00402. The molecule has 3 atom stereocenters. The summed E-state index contributed by atoms with van der Waals surface area (Å²) in [5.74, 6) is -0.275. The zero-order chi connectivity index (χ0) is 12.2. The van der Waals surface area contributed by atoms with Gasteiger partial charge in [-0.1, -0.05) is 11.8 Å². The van der Waals surface area contributed by atoms with E-state index in [1.165, 1.54) is 0 Å². The smallest absolute Gasteiger partial charge is 0.236 e. The van der Waals surface area contributed by atoms with Gasteiger partial charge < -0.3 is 10.0 Å². The van der Waals surface area contributed by atoms with Gasteiger partial charge in [-0.2, -0.15) is 0 Å². The van der Waals surface area contributed by atoms with Crippen molar-refractivity contribution in [2.75, 3.05) is 0 Å². The third-order valence-corrected chi connectivity index (χ3v) is 4.42. The number of β-lactam (4-membered cyclic amide) rings is 1. The van der Waals surface area contributed by atoms with Gasteiger partial charge in [-0.3, -0.25) is 9.36 Å². The van der Waals surface area contributed by atoms with E-state index in [0.29, 0.717) is 0 Å². The number of amides is 1. The van der Waals surface area contributed by atoms with Crippen molar-refractivity contribution in [1.82, 2.24) is 14.5 Å². The average Bonchev–Trinajstić information content (AvgIpc) is 2.81. The van der Waals surface area contributed by atoms with Gasteiger partial charge in [0.1, 0.15) is 5.37 Å². The molecule has 2 aliphatic rings. The van der Waals surface area contributed by atoms with Crippen LogP contribution in [0.4, 0.5) is 0 Å². The molecule has 0 bridgehead atoms. The van der Waals surface area contributed by atoms with E-state index < -0.39 is 6.10 Å². The Morgan fingerprint density at radius 2 is 2.35 bits per heavy atom. The monoisotopic (exact) mass is 251 g/mol. The van der Waals surface area contributed by atoms with Crippen molar-refractivity contribution in [3.05, 3.63) is 24.4 Å². The van der Waals surface area contributed by atoms with E-state index in [-0.39, 0.29) is 17.2 Å². The highest BCUT2D eigenvalue weighted by Crippen LogP contribution is 2.47. The predicted octanol–water partition coefficient (Wildman–Crippen LogP) is 0.860. The molecule has 17 heavy (non-hydrogen) atoms. The lowest BCUT2D eigenvalue weighted by Crippen LogP contribution is -2.58. The molecule has 0 saturated carbocycles. The molecular formula is C11H13N3O2S. The number of aliphatic hydroxyl groups excluding tert-OH is 1. The van der Waals surface area contributed by atoms with Crippen LogP contribution in [0.25, 0.3) is 5.03 Å². The van der Waals surface area contributed by atoms with E-state index in [9.17, 15) is 9.90 Å². The zero-order valence-corrected chi connectivity index (χ0v) is 10.4. The number of imidazole rings is 1. The SMILES string of the molecule is Cc1cn(C2=CN3C(=O)[C@H]([C@@H](C)O)[C@H]3S2)cn1. The molecule has 0 aromatic carbocycles. The molecule has 1 aromatic heterocycles. The van der Waals surface area contributed by atoms with Crippen molar-refractivity contribution in [2.24, 2.45) is 5.92 Å². The summed E-state index contributed by atoms with van der Waals surface area (Å²) in [6.45, 7) is 3.59. The summed E-state index contributed by atoms with van der Waals surface area (Å²) in [6, 6.07) is 0. The summed E-state index contributed by atoms with van der Waals surface area (Å²) >= 11 is 1.60. The Hall–Kier alpha value is -1.27. The Kier molecular flexibility index (Phi) is 2.31. The Balaban J connectivity index is 1.83. The number of aliphatic hydroxyl groups is 1. The van der Waals surface area contributed by atoms with Crippen LogP contribution in [0.15, 0.2) is 18.7 Å². The second-order valence-corrected chi connectivity index (χ2v) is 5.55. The molecule has 6 heteroatoms. The maximum atomic E-state index is 11.7. The molecule has 0 unspecified atom stereocenters. The second kappa shape index (κ2) is 3.61. The van der Waals surface area contributed by atoms with Gasteiger partial charge >= 0.3 is 0 Å². The normalized spacial score (nSPS) is 28.8. The summed E-state index contributed by atoms with van der Waals surface area (Å²) in [7, 11) is 0. The minimum Gasteiger partial charge on any atom is -0.392 e. The maximum Gasteiger partial charge on any atom is 0.236 e. The predicted molar refractivity (Wildman–Crippen MR) is 64.6 cm³/mol. The largest absolute Gasteiger partial charge is 0.392 e. The average molecular weight is 251 g/mol. The van der Waals surface area contributed by atoms with Crippen molar-refractivity contribution in [1.29, 1.82) is 0 Å². The molecular weight excluding hydrogens is 238 g/mol. The molecule has 5 nitrogen and oxygen atoms in total. The van der Waals surface area contributed by atoms with Crippen LogP contribution in [0, 0.1) is 12.8 Å². The summed E-state index contributed by atoms with van der Waals surface area (Å²) in [6.07, 6.45) is 4.90. The lowest BCUT2D eigenvalue weighted by molar-refractivity contribution is -0.151. The van der Waals surface area contributed by atoms with Gasteiger partial charge in [0, 0.05) is 12.4 Å². The quantitative estimate of drug-likeness (QED) is 0.792. The molecule has 3 heterocycles. The van der Waals surface area contributed by atoms with E-state index in [1.807, 2.05) is 23.9 Å². The standard InChI is InChI=1S/C11H13N3O2S/c1-6-3-13(5-12-6)8-4-14-10(16)9(7(2)15)11(14)17-8/h3-5,7,9,11,15H,1-2H3/t7-,9+,11-/m1/s1. The molecule has 0 spiro atoms. The molecule has 0 radical (unpaired) electrons. The number of aromatic nitrogens is 2. The number of carbonyl (C=O) groups is 1. The number of carbonyl (C=O) groups excluding carboxylic acids is 1. The minimum atomic E-state index is -0.589. The first-order chi connectivity index (χ1) is 8.08. The Morgan fingerprint density at radius 3 is 2.94 bits per heavy atom. The van der Waals surface area contributed by atoms with Crippen LogP contribution in [-0.2, 0) is 4.79 Å². The van der Waals surface area contributed by atoms with Gasteiger partial charge in [-0.05, 0) is 13.8 Å². The first kappa shape index (κ1) is 10.9. The van der Waals surface area contributed by atoms with Gasteiger partial charge in [0.2, 0.25) is 5.91 Å². The first-order valence-electron chi connectivity index (χ1n) is 5.47. The van der Waals surface area contributed by atoms with Crippen molar-refractivity contribution >= 4 is 22.7 Å². The van der Waals surface area contributed by atoms with Crippen LogP contribution in [0.2, 0.25) is 0 Å². The molecule has 1 N–H and O–H groups in total. The zero-order valence-electron chi connectivity index (χ0n) is 9.57. The number of thioether (sulfide) groups is 1. The van der Waals surface area contributed by atoms with Crippen molar-refractivity contribution in [3.63, 3.8) is 0 Å². The van der Waals surface area contributed by atoms with E-state index in [1.54, 1.807) is 29.9 Å². The van der Waals surface area contributed by atoms with Gasteiger partial charge in [0.25, 0.3) is 0 Å². The van der Waals surface area contributed by atoms with Crippen molar-refractivity contribution < 1.29 is 9.90 Å². The highest BCUT2D eigenvalue weighted by Gasteiger charge is 2.52. The number of aryl methyl sites for hydroxylation is 1. The first-order valence-corrected chi connectivity index (χ1v) is 6.35. The topological polar surface area (TPSA) is 58.4 Å². The van der Waals surface area contributed by atoms with Crippen LogP contribution in [-0.4, -0.2) is 36.9 Å². The molecule has 2 aliphatic heterocycles. The molecule has 1 saturated heterocycles.